The molecule has 9 heteroatoms. The molecule has 1 aromatic carbocycles. The van der Waals surface area contributed by atoms with Gasteiger partial charge in [-0.3, -0.25) is 14.5 Å². The van der Waals surface area contributed by atoms with E-state index in [1.54, 1.807) is 35.2 Å². The molecule has 0 spiro atoms. The van der Waals surface area contributed by atoms with E-state index in [4.69, 9.17) is 23.2 Å². The minimum absolute atomic E-state index is 0.103. The molecular weight excluding hydrogens is 511 g/mol. The maximum Gasteiger partial charge on any atom is 0.327 e. The fourth-order valence-corrected chi connectivity index (χ4v) is 5.54. The fourth-order valence-electron chi connectivity index (χ4n) is 5.25. The summed E-state index contributed by atoms with van der Waals surface area (Å²) in [5.74, 6) is -1.48. The average molecular weight is 539 g/mol. The van der Waals surface area contributed by atoms with Gasteiger partial charge in [-0.2, -0.15) is 9.67 Å². The smallest absolute Gasteiger partial charge is 0.327 e. The van der Waals surface area contributed by atoms with Gasteiger partial charge in [0.25, 0.3) is 11.6 Å². The second-order valence-electron chi connectivity index (χ2n) is 10.0. The number of rotatable bonds is 5. The zero-order valence-electron chi connectivity index (χ0n) is 21.0. The number of aryl methyl sites for hydroxylation is 1. The quantitative estimate of drug-likeness (QED) is 0.336. The Morgan fingerprint density at radius 2 is 1.78 bits per heavy atom. The van der Waals surface area contributed by atoms with E-state index in [1.165, 1.54) is 9.58 Å². The molecule has 2 aliphatic rings. The Bertz CT molecular complexity index is 1440. The molecule has 2 aromatic heterocycles. The number of aromatic nitrogens is 3. The molecule has 0 unspecified atom stereocenters. The van der Waals surface area contributed by atoms with Crippen LogP contribution < -0.4 is 9.67 Å². The standard InChI is InChI=1S/C28H28Cl2N4O3/c1-16(2)24-22(27(36)34(31-24)19-11-12-20(29)21(30)14-19)23-25(32-13-7-8-17(3)15-32)28(37)33(26(23)35)18-9-5-4-6-10-18/h7-8,11-16,18H,4-6,9-10H2,1-3H3. The van der Waals surface area contributed by atoms with Crippen molar-refractivity contribution in [1.29, 1.82) is 0 Å². The zero-order chi connectivity index (χ0) is 26.4. The Morgan fingerprint density at radius 3 is 2.43 bits per heavy atom. The lowest BCUT2D eigenvalue weighted by atomic mass is 9.94. The molecule has 1 fully saturated rings. The van der Waals surface area contributed by atoms with Crippen molar-refractivity contribution in [2.75, 3.05) is 0 Å². The molecule has 0 N–H and O–H groups in total. The first-order valence-corrected chi connectivity index (χ1v) is 13.3. The van der Waals surface area contributed by atoms with Crippen LogP contribution in [0.25, 0.3) is 17.0 Å². The van der Waals surface area contributed by atoms with Crippen LogP contribution in [0.1, 0.15) is 68.7 Å². The van der Waals surface area contributed by atoms with E-state index in [1.807, 2.05) is 32.9 Å². The molecule has 2 amide bonds. The van der Waals surface area contributed by atoms with Gasteiger partial charge in [0.1, 0.15) is 5.57 Å². The summed E-state index contributed by atoms with van der Waals surface area (Å²) in [6, 6.07) is 8.36. The number of amides is 2. The first-order chi connectivity index (χ1) is 17.7. The van der Waals surface area contributed by atoms with Gasteiger partial charge in [-0.25, -0.2) is 4.68 Å². The largest absolute Gasteiger partial charge is 0.858 e. The van der Waals surface area contributed by atoms with E-state index >= 15 is 0 Å². The summed E-state index contributed by atoms with van der Waals surface area (Å²) in [6.07, 6.45) is 8.08. The second kappa shape index (κ2) is 9.95. The Balaban J connectivity index is 1.75. The summed E-state index contributed by atoms with van der Waals surface area (Å²) in [5, 5.41) is 19.2. The summed E-state index contributed by atoms with van der Waals surface area (Å²) < 4.78 is 2.90. The van der Waals surface area contributed by atoms with E-state index in [0.29, 0.717) is 16.4 Å². The van der Waals surface area contributed by atoms with E-state index in [-0.39, 0.29) is 39.7 Å². The van der Waals surface area contributed by atoms with Crippen LogP contribution in [0.4, 0.5) is 0 Å². The number of halogens is 2. The molecule has 37 heavy (non-hydrogen) atoms. The van der Waals surface area contributed by atoms with Gasteiger partial charge in [0.15, 0.2) is 12.4 Å². The third kappa shape index (κ3) is 4.44. The lowest BCUT2D eigenvalue weighted by Crippen LogP contribution is -2.45. The summed E-state index contributed by atoms with van der Waals surface area (Å²) in [5.41, 5.74) is 2.24. The monoisotopic (exact) mass is 538 g/mol. The number of benzene rings is 1. The first kappa shape index (κ1) is 25.5. The number of hydrogen-bond acceptors (Lipinski definition) is 4. The summed E-state index contributed by atoms with van der Waals surface area (Å²) >= 11 is 12.3. The topological polar surface area (TPSA) is 82.1 Å². The van der Waals surface area contributed by atoms with E-state index in [0.717, 1.165) is 37.7 Å². The van der Waals surface area contributed by atoms with Crippen LogP contribution in [0.2, 0.25) is 10.0 Å². The Hall–Kier alpha value is -3.16. The van der Waals surface area contributed by atoms with Crippen molar-refractivity contribution in [1.82, 2.24) is 14.7 Å². The first-order valence-electron chi connectivity index (χ1n) is 12.5. The van der Waals surface area contributed by atoms with Crippen molar-refractivity contribution < 1.29 is 19.3 Å². The van der Waals surface area contributed by atoms with Crippen molar-refractivity contribution in [3.05, 3.63) is 69.6 Å². The van der Waals surface area contributed by atoms with Crippen LogP contribution in [0.5, 0.6) is 5.88 Å². The number of imide groups is 1. The maximum atomic E-state index is 14.1. The minimum Gasteiger partial charge on any atom is -0.858 e. The highest BCUT2D eigenvalue weighted by molar-refractivity contribution is 6.45. The van der Waals surface area contributed by atoms with Crippen molar-refractivity contribution in [2.24, 2.45) is 0 Å². The van der Waals surface area contributed by atoms with Gasteiger partial charge in [0.05, 0.1) is 21.4 Å². The highest BCUT2D eigenvalue weighted by Crippen LogP contribution is 2.41. The average Bonchev–Trinajstić information content (AvgIpc) is 3.34. The second-order valence-corrected chi connectivity index (χ2v) is 10.8. The van der Waals surface area contributed by atoms with Gasteiger partial charge in [-0.05, 0) is 55.8 Å². The van der Waals surface area contributed by atoms with Crippen LogP contribution in [-0.4, -0.2) is 32.5 Å². The summed E-state index contributed by atoms with van der Waals surface area (Å²) in [6.45, 7) is 5.73. The normalized spacial score (nSPS) is 17.0. The van der Waals surface area contributed by atoms with Crippen LogP contribution in [-0.2, 0) is 9.59 Å². The van der Waals surface area contributed by atoms with Crippen LogP contribution in [0.3, 0.4) is 0 Å². The predicted octanol–water partition coefficient (Wildman–Crippen LogP) is 5.04. The van der Waals surface area contributed by atoms with Crippen molar-refractivity contribution in [3.8, 4) is 11.6 Å². The zero-order valence-corrected chi connectivity index (χ0v) is 22.5. The molecule has 192 valence electrons. The van der Waals surface area contributed by atoms with Gasteiger partial charge in [-0.1, -0.05) is 56.3 Å². The van der Waals surface area contributed by atoms with Gasteiger partial charge in [0, 0.05) is 23.2 Å². The Morgan fingerprint density at radius 1 is 1.05 bits per heavy atom. The van der Waals surface area contributed by atoms with Crippen molar-refractivity contribution in [3.63, 3.8) is 0 Å². The fraction of sp³-hybridized carbons (Fsp3) is 0.357. The molecule has 1 aliphatic heterocycles. The Kier molecular flexibility index (Phi) is 6.86. The SMILES string of the molecule is Cc1ccc[n+](C2=C(c3c(C(C)C)nn(-c4ccc(Cl)c(Cl)c4)c3[O-])C(=O)N(C3CCCCC3)C2=O)c1. The predicted molar refractivity (Wildman–Crippen MR) is 140 cm³/mol. The number of carbonyl (C=O) groups excluding carboxylic acids is 2. The summed E-state index contributed by atoms with van der Waals surface area (Å²) in [4.78, 5) is 29.4. The van der Waals surface area contributed by atoms with Crippen LogP contribution >= 0.6 is 23.2 Å². The molecule has 3 heterocycles. The minimum atomic E-state index is -0.477. The van der Waals surface area contributed by atoms with Gasteiger partial charge >= 0.3 is 5.91 Å². The van der Waals surface area contributed by atoms with Crippen molar-refractivity contribution >= 4 is 46.3 Å². The maximum absolute atomic E-state index is 14.1. The molecule has 0 saturated heterocycles. The highest BCUT2D eigenvalue weighted by atomic mass is 35.5. The van der Waals surface area contributed by atoms with Crippen LogP contribution in [0.15, 0.2) is 42.7 Å². The molecular formula is C28H28Cl2N4O3. The third-order valence-electron chi connectivity index (χ3n) is 7.05. The lowest BCUT2D eigenvalue weighted by molar-refractivity contribution is -0.577. The molecule has 0 atom stereocenters. The molecule has 1 saturated carbocycles. The molecule has 7 nitrogen and oxygen atoms in total. The van der Waals surface area contributed by atoms with Gasteiger partial charge < -0.3 is 5.11 Å². The summed E-state index contributed by atoms with van der Waals surface area (Å²) in [7, 11) is 0. The van der Waals surface area contributed by atoms with Gasteiger partial charge in [-0.15, -0.1) is 0 Å². The van der Waals surface area contributed by atoms with Crippen LogP contribution in [0, 0.1) is 6.92 Å². The number of nitrogens with zero attached hydrogens (tertiary/aromatic N) is 4. The van der Waals surface area contributed by atoms with Crippen molar-refractivity contribution in [2.45, 2.75) is 64.8 Å². The lowest BCUT2D eigenvalue weighted by Gasteiger charge is -2.29. The number of carbonyl (C=O) groups is 2. The van der Waals surface area contributed by atoms with E-state index < -0.39 is 11.8 Å². The molecule has 0 bridgehead atoms. The molecule has 1 aliphatic carbocycles. The van der Waals surface area contributed by atoms with Gasteiger partial charge in [0.2, 0.25) is 0 Å². The third-order valence-corrected chi connectivity index (χ3v) is 7.79. The highest BCUT2D eigenvalue weighted by Gasteiger charge is 2.49. The number of pyridine rings is 1. The molecule has 5 rings (SSSR count). The molecule has 0 radical (unpaired) electrons. The van der Waals surface area contributed by atoms with E-state index in [2.05, 4.69) is 5.10 Å². The van der Waals surface area contributed by atoms with E-state index in [9.17, 15) is 14.7 Å². The number of hydrogen-bond donors (Lipinski definition) is 0. The molecule has 3 aromatic rings. The Labute approximate surface area is 225 Å².